The van der Waals surface area contributed by atoms with Gasteiger partial charge in [0.25, 0.3) is 0 Å². The second-order valence-corrected chi connectivity index (χ2v) is 5.33. The van der Waals surface area contributed by atoms with E-state index in [4.69, 9.17) is 9.84 Å². The van der Waals surface area contributed by atoms with Gasteiger partial charge in [0.05, 0.1) is 19.1 Å². The Morgan fingerprint density at radius 2 is 2.33 bits per heavy atom. The molecule has 2 aliphatic rings. The molecule has 2 saturated heterocycles. The fraction of sp³-hybridized carbons (Fsp3) is 0.923. The minimum absolute atomic E-state index is 0.0472. The highest BCUT2D eigenvalue weighted by Crippen LogP contribution is 2.22. The Hall–Kier alpha value is -0.650. The second-order valence-electron chi connectivity index (χ2n) is 5.33. The molecule has 0 spiro atoms. The molecule has 2 aliphatic heterocycles. The largest absolute Gasteiger partial charge is 0.396 e. The van der Waals surface area contributed by atoms with Crippen molar-refractivity contribution in [1.29, 1.82) is 0 Å². The molecule has 0 bridgehead atoms. The van der Waals surface area contributed by atoms with Gasteiger partial charge in [0.1, 0.15) is 0 Å². The van der Waals surface area contributed by atoms with Crippen LogP contribution in [0.4, 0.5) is 0 Å². The molecular weight excluding hydrogens is 232 g/mol. The minimum Gasteiger partial charge on any atom is -0.396 e. The topological polar surface area (TPSA) is 61.8 Å². The zero-order valence-corrected chi connectivity index (χ0v) is 11.1. The number of carbonyl (C=O) groups excluding carboxylic acids is 1. The van der Waals surface area contributed by atoms with E-state index in [-0.39, 0.29) is 30.4 Å². The molecule has 2 N–H and O–H groups in total. The molecule has 0 aromatic carbocycles. The lowest BCUT2D eigenvalue weighted by atomic mass is 10.0. The highest BCUT2D eigenvalue weighted by Gasteiger charge is 2.38. The molecule has 0 saturated carbocycles. The molecule has 0 radical (unpaired) electrons. The average molecular weight is 256 g/mol. The van der Waals surface area contributed by atoms with Gasteiger partial charge < -0.3 is 20.1 Å². The SMILES string of the molecule is CCCNC1COCC1C(=O)N1CCC(CO)C1. The first-order valence-electron chi connectivity index (χ1n) is 6.97. The minimum atomic E-state index is -0.0472. The summed E-state index contributed by atoms with van der Waals surface area (Å²) in [4.78, 5) is 14.3. The predicted molar refractivity (Wildman–Crippen MR) is 68.2 cm³/mol. The van der Waals surface area contributed by atoms with E-state index >= 15 is 0 Å². The Balaban J connectivity index is 1.87. The molecule has 3 unspecified atom stereocenters. The van der Waals surface area contributed by atoms with E-state index in [0.29, 0.717) is 19.8 Å². The lowest BCUT2D eigenvalue weighted by molar-refractivity contribution is -0.135. The van der Waals surface area contributed by atoms with E-state index < -0.39 is 0 Å². The maximum atomic E-state index is 12.4. The number of hydrogen-bond donors (Lipinski definition) is 2. The van der Waals surface area contributed by atoms with E-state index in [1.807, 2.05) is 4.90 Å². The Bertz CT molecular complexity index is 285. The van der Waals surface area contributed by atoms with E-state index in [1.165, 1.54) is 0 Å². The zero-order chi connectivity index (χ0) is 13.0. The van der Waals surface area contributed by atoms with Gasteiger partial charge in [-0.25, -0.2) is 0 Å². The van der Waals surface area contributed by atoms with Crippen molar-refractivity contribution in [2.24, 2.45) is 11.8 Å². The molecule has 2 rings (SSSR count). The highest BCUT2D eigenvalue weighted by atomic mass is 16.5. The third-order valence-electron chi connectivity index (χ3n) is 3.91. The molecule has 104 valence electrons. The summed E-state index contributed by atoms with van der Waals surface area (Å²) in [7, 11) is 0. The maximum absolute atomic E-state index is 12.4. The van der Waals surface area contributed by atoms with E-state index in [1.54, 1.807) is 0 Å². The van der Waals surface area contributed by atoms with Gasteiger partial charge in [0, 0.05) is 31.7 Å². The monoisotopic (exact) mass is 256 g/mol. The van der Waals surface area contributed by atoms with Crippen LogP contribution in [0.15, 0.2) is 0 Å². The second kappa shape index (κ2) is 6.50. The van der Waals surface area contributed by atoms with Crippen LogP contribution in [0, 0.1) is 11.8 Å². The summed E-state index contributed by atoms with van der Waals surface area (Å²) in [6, 6.07) is 0.158. The molecule has 18 heavy (non-hydrogen) atoms. The number of carbonyl (C=O) groups is 1. The van der Waals surface area contributed by atoms with Gasteiger partial charge >= 0.3 is 0 Å². The number of aliphatic hydroxyl groups excluding tert-OH is 1. The molecule has 5 heteroatoms. The van der Waals surface area contributed by atoms with Gasteiger partial charge in [0.15, 0.2) is 0 Å². The van der Waals surface area contributed by atoms with Gasteiger partial charge in [-0.3, -0.25) is 4.79 Å². The van der Waals surface area contributed by atoms with Crippen LogP contribution < -0.4 is 5.32 Å². The van der Waals surface area contributed by atoms with Crippen LogP contribution in [0.2, 0.25) is 0 Å². The molecule has 0 aromatic rings. The molecule has 2 heterocycles. The first-order chi connectivity index (χ1) is 8.76. The van der Waals surface area contributed by atoms with Crippen LogP contribution >= 0.6 is 0 Å². The maximum Gasteiger partial charge on any atom is 0.229 e. The summed E-state index contributed by atoms with van der Waals surface area (Å²) in [6.45, 7) is 5.87. The molecule has 1 amide bonds. The summed E-state index contributed by atoms with van der Waals surface area (Å²) >= 11 is 0. The summed E-state index contributed by atoms with van der Waals surface area (Å²) < 4.78 is 5.44. The van der Waals surface area contributed by atoms with Gasteiger partial charge in [-0.1, -0.05) is 6.92 Å². The fourth-order valence-electron chi connectivity index (χ4n) is 2.74. The van der Waals surface area contributed by atoms with Crippen LogP contribution in [-0.4, -0.2) is 61.4 Å². The third-order valence-corrected chi connectivity index (χ3v) is 3.91. The van der Waals surface area contributed by atoms with Crippen LogP contribution in [0.25, 0.3) is 0 Å². The lowest BCUT2D eigenvalue weighted by Gasteiger charge is -2.24. The standard InChI is InChI=1S/C13H24N2O3/c1-2-4-14-12-9-18-8-11(12)13(17)15-5-3-10(6-15)7-16/h10-12,14,16H,2-9H2,1H3. The molecule has 0 aliphatic carbocycles. The number of ether oxygens (including phenoxy) is 1. The van der Waals surface area contributed by atoms with Crippen molar-refractivity contribution in [2.75, 3.05) is 39.5 Å². The van der Waals surface area contributed by atoms with Gasteiger partial charge in [-0.15, -0.1) is 0 Å². The van der Waals surface area contributed by atoms with E-state index in [9.17, 15) is 4.79 Å². The molecule has 3 atom stereocenters. The van der Waals surface area contributed by atoms with Crippen molar-refractivity contribution in [2.45, 2.75) is 25.8 Å². The van der Waals surface area contributed by atoms with Crippen LogP contribution in [0.1, 0.15) is 19.8 Å². The Morgan fingerprint density at radius 1 is 1.50 bits per heavy atom. The number of amides is 1. The van der Waals surface area contributed by atoms with Crippen molar-refractivity contribution in [3.63, 3.8) is 0 Å². The van der Waals surface area contributed by atoms with Gasteiger partial charge in [-0.05, 0) is 19.4 Å². The van der Waals surface area contributed by atoms with E-state index in [0.717, 1.165) is 25.9 Å². The number of hydrogen-bond acceptors (Lipinski definition) is 4. The summed E-state index contributed by atoms with van der Waals surface area (Å²) in [5.41, 5.74) is 0. The Morgan fingerprint density at radius 3 is 3.00 bits per heavy atom. The van der Waals surface area contributed by atoms with Crippen molar-refractivity contribution in [1.82, 2.24) is 10.2 Å². The molecule has 5 nitrogen and oxygen atoms in total. The smallest absolute Gasteiger partial charge is 0.229 e. The lowest BCUT2D eigenvalue weighted by Crippen LogP contribution is -2.45. The van der Waals surface area contributed by atoms with Crippen molar-refractivity contribution >= 4 is 5.91 Å². The fourth-order valence-corrected chi connectivity index (χ4v) is 2.74. The normalized spacial score (nSPS) is 32.1. The van der Waals surface area contributed by atoms with Crippen LogP contribution in [-0.2, 0) is 9.53 Å². The quantitative estimate of drug-likeness (QED) is 0.717. The van der Waals surface area contributed by atoms with Gasteiger partial charge in [0.2, 0.25) is 5.91 Å². The number of nitrogens with one attached hydrogen (secondary N) is 1. The van der Waals surface area contributed by atoms with Gasteiger partial charge in [-0.2, -0.15) is 0 Å². The summed E-state index contributed by atoms with van der Waals surface area (Å²) in [5, 5.41) is 12.5. The predicted octanol–water partition coefficient (Wildman–Crippen LogP) is -0.158. The zero-order valence-electron chi connectivity index (χ0n) is 11.1. The van der Waals surface area contributed by atoms with Crippen molar-refractivity contribution in [3.8, 4) is 0 Å². The third kappa shape index (κ3) is 3.02. The number of nitrogens with zero attached hydrogens (tertiary/aromatic N) is 1. The number of rotatable bonds is 5. The molecular formula is C13H24N2O3. The Labute approximate surface area is 108 Å². The number of aliphatic hydroxyl groups is 1. The molecule has 2 fully saturated rings. The first-order valence-corrected chi connectivity index (χ1v) is 6.97. The summed E-state index contributed by atoms with van der Waals surface area (Å²) in [5.74, 6) is 0.407. The highest BCUT2D eigenvalue weighted by molar-refractivity contribution is 5.80. The number of likely N-dealkylation sites (tertiary alicyclic amines) is 1. The molecule has 0 aromatic heterocycles. The van der Waals surface area contributed by atoms with Crippen molar-refractivity contribution < 1.29 is 14.6 Å². The first kappa shape index (κ1) is 13.8. The average Bonchev–Trinajstić information content (AvgIpc) is 3.04. The summed E-state index contributed by atoms with van der Waals surface area (Å²) in [6.07, 6.45) is 1.98. The van der Waals surface area contributed by atoms with Crippen molar-refractivity contribution in [3.05, 3.63) is 0 Å². The van der Waals surface area contributed by atoms with E-state index in [2.05, 4.69) is 12.2 Å². The van der Waals surface area contributed by atoms with Crippen LogP contribution in [0.3, 0.4) is 0 Å². The van der Waals surface area contributed by atoms with Crippen LogP contribution in [0.5, 0.6) is 0 Å². The Kier molecular flexibility index (Phi) is 4.97.